The van der Waals surface area contributed by atoms with E-state index < -0.39 is 10.9 Å². The van der Waals surface area contributed by atoms with Crippen LogP contribution in [0.4, 0.5) is 5.69 Å². The lowest BCUT2D eigenvalue weighted by molar-refractivity contribution is -0.386. The van der Waals surface area contributed by atoms with Crippen LogP contribution in [0.3, 0.4) is 0 Å². The second-order valence-electron chi connectivity index (χ2n) is 2.50. The van der Waals surface area contributed by atoms with E-state index in [1.807, 2.05) is 0 Å². The van der Waals surface area contributed by atoms with Crippen molar-refractivity contribution in [1.29, 1.82) is 0 Å². The van der Waals surface area contributed by atoms with Gasteiger partial charge in [-0.1, -0.05) is 0 Å². The van der Waals surface area contributed by atoms with Crippen LogP contribution in [0.1, 0.15) is 17.4 Å². The van der Waals surface area contributed by atoms with E-state index in [-0.39, 0.29) is 22.5 Å². The summed E-state index contributed by atoms with van der Waals surface area (Å²) in [4.78, 5) is 24.7. The Balaban J connectivity index is 3.01. The van der Waals surface area contributed by atoms with Crippen molar-refractivity contribution in [1.82, 2.24) is 4.98 Å². The van der Waals surface area contributed by atoms with Crippen molar-refractivity contribution in [2.75, 3.05) is 6.61 Å². The maximum Gasteiger partial charge on any atom is 0.356 e. The Labute approximate surface area is 93.5 Å². The van der Waals surface area contributed by atoms with Crippen molar-refractivity contribution in [3.05, 3.63) is 32.5 Å². The Morgan fingerprint density at radius 1 is 1.73 bits per heavy atom. The average Bonchev–Trinajstić information content (AvgIpc) is 2.17. The van der Waals surface area contributed by atoms with Gasteiger partial charge in [-0.3, -0.25) is 10.1 Å². The second-order valence-corrected chi connectivity index (χ2v) is 3.35. The quantitative estimate of drug-likeness (QED) is 0.478. The number of nitrogens with zero attached hydrogens (tertiary/aromatic N) is 2. The Hall–Kier alpha value is -1.50. The highest BCUT2D eigenvalue weighted by molar-refractivity contribution is 9.10. The molecule has 1 rings (SSSR count). The zero-order valence-corrected chi connectivity index (χ0v) is 9.35. The third-order valence-electron chi connectivity index (χ3n) is 1.52. The summed E-state index contributed by atoms with van der Waals surface area (Å²) >= 11 is 2.98. The minimum Gasteiger partial charge on any atom is -0.461 e. The monoisotopic (exact) mass is 274 g/mol. The Morgan fingerprint density at radius 3 is 2.87 bits per heavy atom. The first kappa shape index (κ1) is 11.6. The van der Waals surface area contributed by atoms with Gasteiger partial charge >= 0.3 is 11.7 Å². The lowest BCUT2D eigenvalue weighted by Gasteiger charge is -2.01. The van der Waals surface area contributed by atoms with Gasteiger partial charge in [-0.05, 0) is 28.9 Å². The van der Waals surface area contributed by atoms with Crippen LogP contribution >= 0.6 is 15.9 Å². The molecule has 6 nitrogen and oxygen atoms in total. The van der Waals surface area contributed by atoms with Gasteiger partial charge in [0, 0.05) is 0 Å². The zero-order chi connectivity index (χ0) is 11.4. The number of hydrogen-bond donors (Lipinski definition) is 0. The standard InChI is InChI=1S/C8H7BrN2O4/c1-2-15-8(12)6-3-5(9)7(4-10-6)11(13)14/h3-4H,2H2,1H3. The molecule has 0 atom stereocenters. The van der Waals surface area contributed by atoms with Crippen LogP contribution in [0.5, 0.6) is 0 Å². The Morgan fingerprint density at radius 2 is 2.40 bits per heavy atom. The predicted octanol–water partition coefficient (Wildman–Crippen LogP) is 1.93. The number of carbonyl (C=O) groups excluding carboxylic acids is 1. The molecule has 15 heavy (non-hydrogen) atoms. The molecule has 0 aliphatic heterocycles. The van der Waals surface area contributed by atoms with Gasteiger partial charge in [0.25, 0.3) is 0 Å². The van der Waals surface area contributed by atoms with Crippen molar-refractivity contribution in [3.8, 4) is 0 Å². The number of aromatic nitrogens is 1. The predicted molar refractivity (Wildman–Crippen MR) is 54.5 cm³/mol. The number of halogens is 1. The highest BCUT2D eigenvalue weighted by Crippen LogP contribution is 2.23. The van der Waals surface area contributed by atoms with Crippen LogP contribution in [0.2, 0.25) is 0 Å². The number of hydrogen-bond acceptors (Lipinski definition) is 5. The molecule has 0 aliphatic carbocycles. The van der Waals surface area contributed by atoms with E-state index in [1.54, 1.807) is 6.92 Å². The van der Waals surface area contributed by atoms with E-state index in [0.717, 1.165) is 6.20 Å². The van der Waals surface area contributed by atoms with E-state index in [0.29, 0.717) is 0 Å². The second kappa shape index (κ2) is 4.83. The molecule has 80 valence electrons. The molecule has 7 heteroatoms. The van der Waals surface area contributed by atoms with Gasteiger partial charge < -0.3 is 4.74 Å². The van der Waals surface area contributed by atoms with Gasteiger partial charge in [-0.15, -0.1) is 0 Å². The minimum absolute atomic E-state index is 0.0364. The molecule has 1 heterocycles. The summed E-state index contributed by atoms with van der Waals surface area (Å²) in [6, 6.07) is 1.26. The van der Waals surface area contributed by atoms with Crippen LogP contribution in [0, 0.1) is 10.1 Å². The first-order valence-electron chi connectivity index (χ1n) is 4.03. The molecule has 0 spiro atoms. The van der Waals surface area contributed by atoms with Crippen LogP contribution in [-0.2, 0) is 4.74 Å². The normalized spacial score (nSPS) is 9.73. The maximum atomic E-state index is 11.2. The van der Waals surface area contributed by atoms with Crippen molar-refractivity contribution < 1.29 is 14.5 Å². The van der Waals surface area contributed by atoms with E-state index in [4.69, 9.17) is 4.74 Å². The third-order valence-corrected chi connectivity index (χ3v) is 2.15. The summed E-state index contributed by atoms with van der Waals surface area (Å²) in [7, 11) is 0. The van der Waals surface area contributed by atoms with E-state index in [2.05, 4.69) is 20.9 Å². The molecular formula is C8H7BrN2O4. The number of ether oxygens (including phenoxy) is 1. The van der Waals surface area contributed by atoms with E-state index in [1.165, 1.54) is 6.07 Å². The summed E-state index contributed by atoms with van der Waals surface area (Å²) in [5.41, 5.74) is -0.155. The molecule has 0 bridgehead atoms. The molecule has 0 saturated carbocycles. The molecular weight excluding hydrogens is 268 g/mol. The molecule has 0 amide bonds. The van der Waals surface area contributed by atoms with Gasteiger partial charge in [0.1, 0.15) is 11.9 Å². The minimum atomic E-state index is -0.604. The number of nitro groups is 1. The summed E-state index contributed by atoms with van der Waals surface area (Å²) in [6.07, 6.45) is 1.01. The van der Waals surface area contributed by atoms with Crippen LogP contribution in [0.15, 0.2) is 16.7 Å². The number of pyridine rings is 1. The SMILES string of the molecule is CCOC(=O)c1cc(Br)c([N+](=O)[O-])cn1. The molecule has 0 aromatic carbocycles. The first-order valence-corrected chi connectivity index (χ1v) is 4.82. The summed E-state index contributed by atoms with van der Waals surface area (Å²) in [6.45, 7) is 1.90. The fourth-order valence-corrected chi connectivity index (χ4v) is 1.34. The van der Waals surface area contributed by atoms with Crippen molar-refractivity contribution >= 4 is 27.6 Å². The van der Waals surface area contributed by atoms with Crippen molar-refractivity contribution in [3.63, 3.8) is 0 Å². The molecule has 0 aliphatic rings. The average molecular weight is 275 g/mol. The van der Waals surface area contributed by atoms with Crippen molar-refractivity contribution in [2.45, 2.75) is 6.92 Å². The van der Waals surface area contributed by atoms with Gasteiger partial charge in [0.2, 0.25) is 0 Å². The molecule has 0 fully saturated rings. The van der Waals surface area contributed by atoms with Crippen LogP contribution in [-0.4, -0.2) is 22.5 Å². The first-order chi connectivity index (χ1) is 7.06. The zero-order valence-electron chi connectivity index (χ0n) is 7.77. The van der Waals surface area contributed by atoms with Gasteiger partial charge in [0.15, 0.2) is 0 Å². The molecule has 0 N–H and O–H groups in total. The van der Waals surface area contributed by atoms with Gasteiger partial charge in [-0.25, -0.2) is 9.78 Å². The van der Waals surface area contributed by atoms with E-state index >= 15 is 0 Å². The largest absolute Gasteiger partial charge is 0.461 e. The summed E-state index contributed by atoms with van der Waals surface area (Å²) in [5, 5.41) is 10.4. The van der Waals surface area contributed by atoms with Crippen molar-refractivity contribution in [2.24, 2.45) is 0 Å². The Kier molecular flexibility index (Phi) is 3.73. The molecule has 0 unspecified atom stereocenters. The maximum absolute atomic E-state index is 11.2. The highest BCUT2D eigenvalue weighted by Gasteiger charge is 2.16. The topological polar surface area (TPSA) is 82.3 Å². The number of esters is 1. The lowest BCUT2D eigenvalue weighted by Crippen LogP contribution is -2.07. The molecule has 0 saturated heterocycles. The molecule has 0 radical (unpaired) electrons. The van der Waals surface area contributed by atoms with Crippen LogP contribution < -0.4 is 0 Å². The molecule has 1 aromatic heterocycles. The fourth-order valence-electron chi connectivity index (χ4n) is 0.875. The highest BCUT2D eigenvalue weighted by atomic mass is 79.9. The molecule has 1 aromatic rings. The summed E-state index contributed by atoms with van der Waals surface area (Å²) < 4.78 is 4.89. The van der Waals surface area contributed by atoms with Crippen LogP contribution in [0.25, 0.3) is 0 Å². The van der Waals surface area contributed by atoms with Gasteiger partial charge in [-0.2, -0.15) is 0 Å². The van der Waals surface area contributed by atoms with E-state index in [9.17, 15) is 14.9 Å². The number of rotatable bonds is 3. The Bertz CT molecular complexity index is 408. The third kappa shape index (κ3) is 2.72. The number of carbonyl (C=O) groups is 1. The lowest BCUT2D eigenvalue weighted by atomic mass is 10.3. The van der Waals surface area contributed by atoms with Gasteiger partial charge in [0.05, 0.1) is 16.0 Å². The smallest absolute Gasteiger partial charge is 0.356 e. The fraction of sp³-hybridized carbons (Fsp3) is 0.250. The summed E-state index contributed by atoms with van der Waals surface area (Å²) in [5.74, 6) is -0.604.